The average Bonchev–Trinajstić information content (AvgIpc) is 2.37. The van der Waals surface area contributed by atoms with Crippen LogP contribution in [0.5, 0.6) is 0 Å². The van der Waals surface area contributed by atoms with Crippen molar-refractivity contribution in [1.82, 2.24) is 4.90 Å². The van der Waals surface area contributed by atoms with Crippen LogP contribution in [0.2, 0.25) is 0 Å². The Morgan fingerprint density at radius 2 is 2.21 bits per heavy atom. The number of carbonyl (C=O) groups excluding carboxylic acids is 1. The van der Waals surface area contributed by atoms with Crippen molar-refractivity contribution in [2.24, 2.45) is 0 Å². The predicted molar refractivity (Wildman–Crippen MR) is 71.5 cm³/mol. The summed E-state index contributed by atoms with van der Waals surface area (Å²) in [6, 6.07) is 8.93. The van der Waals surface area contributed by atoms with E-state index in [1.54, 1.807) is 24.3 Å². The lowest BCUT2D eigenvalue weighted by atomic mass is 9.91. The Labute approximate surface area is 112 Å². The Bertz CT molecular complexity index is 516. The van der Waals surface area contributed by atoms with E-state index in [9.17, 15) is 9.90 Å². The molecule has 1 saturated heterocycles. The van der Waals surface area contributed by atoms with E-state index in [4.69, 9.17) is 5.26 Å². The fourth-order valence-corrected chi connectivity index (χ4v) is 2.20. The molecule has 100 valence electrons. The van der Waals surface area contributed by atoms with Crippen LogP contribution < -0.4 is 5.32 Å². The van der Waals surface area contributed by atoms with Gasteiger partial charge in [-0.05, 0) is 18.6 Å². The van der Waals surface area contributed by atoms with Crippen molar-refractivity contribution in [2.75, 3.05) is 25.0 Å². The van der Waals surface area contributed by atoms with Gasteiger partial charge in [0, 0.05) is 13.1 Å². The lowest BCUT2D eigenvalue weighted by molar-refractivity contribution is -0.128. The van der Waals surface area contributed by atoms with E-state index in [0.717, 1.165) is 0 Å². The number of nitrogens with one attached hydrogen (secondary N) is 1. The highest BCUT2D eigenvalue weighted by molar-refractivity contribution is 5.93. The van der Waals surface area contributed by atoms with E-state index in [1.807, 2.05) is 17.9 Å². The van der Waals surface area contributed by atoms with E-state index in [1.165, 1.54) is 0 Å². The maximum atomic E-state index is 11.8. The van der Waals surface area contributed by atoms with Crippen LogP contribution in [0.1, 0.15) is 18.9 Å². The number of hydrogen-bond donors (Lipinski definition) is 2. The summed E-state index contributed by atoms with van der Waals surface area (Å²) in [7, 11) is 0. The van der Waals surface area contributed by atoms with Crippen molar-refractivity contribution in [3.63, 3.8) is 0 Å². The first-order valence-electron chi connectivity index (χ1n) is 6.30. The van der Waals surface area contributed by atoms with Crippen molar-refractivity contribution in [2.45, 2.75) is 18.9 Å². The van der Waals surface area contributed by atoms with Crippen LogP contribution in [0.3, 0.4) is 0 Å². The number of likely N-dealkylation sites (tertiary alicyclic amines) is 1. The highest BCUT2D eigenvalue weighted by Gasteiger charge is 2.39. The molecule has 0 unspecified atom stereocenters. The Balaban J connectivity index is 1.88. The van der Waals surface area contributed by atoms with Crippen molar-refractivity contribution in [3.05, 3.63) is 29.8 Å². The molecule has 1 amide bonds. The van der Waals surface area contributed by atoms with Gasteiger partial charge in [-0.1, -0.05) is 19.1 Å². The van der Waals surface area contributed by atoms with E-state index in [2.05, 4.69) is 5.32 Å². The number of nitrogens with zero attached hydrogens (tertiary/aromatic N) is 2. The zero-order valence-electron chi connectivity index (χ0n) is 10.9. The van der Waals surface area contributed by atoms with Gasteiger partial charge >= 0.3 is 0 Å². The molecule has 5 heteroatoms. The van der Waals surface area contributed by atoms with Crippen LogP contribution in [0, 0.1) is 11.3 Å². The number of para-hydroxylation sites is 1. The van der Waals surface area contributed by atoms with Gasteiger partial charge in [0.05, 0.1) is 23.4 Å². The summed E-state index contributed by atoms with van der Waals surface area (Å²) in [5.74, 6) is -0.166. The number of β-amino-alcohol motifs (C(OH)–C–C–N with tert-alkyl or cyclic N) is 1. The van der Waals surface area contributed by atoms with Gasteiger partial charge < -0.3 is 10.4 Å². The highest BCUT2D eigenvalue weighted by atomic mass is 16.3. The number of rotatable bonds is 4. The molecule has 1 heterocycles. The molecule has 1 fully saturated rings. The lowest BCUT2D eigenvalue weighted by Crippen LogP contribution is -2.62. The van der Waals surface area contributed by atoms with Crippen LogP contribution in [-0.4, -0.2) is 41.1 Å². The minimum absolute atomic E-state index is 0.166. The predicted octanol–water partition coefficient (Wildman–Crippen LogP) is 0.953. The maximum absolute atomic E-state index is 11.8. The van der Waals surface area contributed by atoms with E-state index < -0.39 is 5.60 Å². The second-order valence-corrected chi connectivity index (χ2v) is 4.93. The fourth-order valence-electron chi connectivity index (χ4n) is 2.20. The maximum Gasteiger partial charge on any atom is 0.238 e. The summed E-state index contributed by atoms with van der Waals surface area (Å²) in [6.07, 6.45) is 0.697. The molecule has 1 aromatic rings. The molecule has 0 bridgehead atoms. The first-order chi connectivity index (χ1) is 9.06. The van der Waals surface area contributed by atoms with Gasteiger partial charge in [-0.15, -0.1) is 0 Å². The third-order valence-corrected chi connectivity index (χ3v) is 3.38. The summed E-state index contributed by atoms with van der Waals surface area (Å²) < 4.78 is 0. The van der Waals surface area contributed by atoms with E-state index in [0.29, 0.717) is 30.8 Å². The molecule has 2 rings (SSSR count). The Kier molecular flexibility index (Phi) is 3.84. The zero-order valence-corrected chi connectivity index (χ0v) is 10.9. The second kappa shape index (κ2) is 5.39. The molecular weight excluding hydrogens is 242 g/mol. The number of anilines is 1. The number of aliphatic hydroxyl groups is 1. The summed E-state index contributed by atoms with van der Waals surface area (Å²) in [6.45, 7) is 3.22. The highest BCUT2D eigenvalue weighted by Crippen LogP contribution is 2.23. The van der Waals surface area contributed by atoms with Gasteiger partial charge in [0.15, 0.2) is 0 Å². The molecule has 0 radical (unpaired) electrons. The number of nitriles is 1. The van der Waals surface area contributed by atoms with Crippen LogP contribution >= 0.6 is 0 Å². The van der Waals surface area contributed by atoms with E-state index >= 15 is 0 Å². The Hall–Kier alpha value is -1.90. The fraction of sp³-hybridized carbons (Fsp3) is 0.429. The van der Waals surface area contributed by atoms with Crippen LogP contribution in [0.4, 0.5) is 5.69 Å². The monoisotopic (exact) mass is 259 g/mol. The quantitative estimate of drug-likeness (QED) is 0.844. The minimum atomic E-state index is -0.634. The normalized spacial score (nSPS) is 17.3. The molecule has 0 spiro atoms. The van der Waals surface area contributed by atoms with Gasteiger partial charge in [-0.2, -0.15) is 5.26 Å². The lowest BCUT2D eigenvalue weighted by Gasteiger charge is -2.45. The smallest absolute Gasteiger partial charge is 0.238 e. The van der Waals surface area contributed by atoms with Crippen molar-refractivity contribution >= 4 is 11.6 Å². The topological polar surface area (TPSA) is 76.4 Å². The van der Waals surface area contributed by atoms with Crippen molar-refractivity contribution < 1.29 is 9.90 Å². The summed E-state index contributed by atoms with van der Waals surface area (Å²) >= 11 is 0. The number of carbonyl (C=O) groups is 1. The zero-order chi connectivity index (χ0) is 13.9. The second-order valence-electron chi connectivity index (χ2n) is 4.93. The largest absolute Gasteiger partial charge is 0.387 e. The van der Waals surface area contributed by atoms with Gasteiger partial charge in [0.2, 0.25) is 5.91 Å². The standard InChI is InChI=1S/C14H17N3O2/c1-2-14(19)9-17(10-14)8-13(18)16-12-6-4-3-5-11(12)7-15/h3-6,19H,2,8-10H2,1H3,(H,16,18). The molecule has 19 heavy (non-hydrogen) atoms. The van der Waals surface area contributed by atoms with Gasteiger partial charge in [0.25, 0.3) is 0 Å². The van der Waals surface area contributed by atoms with Gasteiger partial charge in [-0.3, -0.25) is 9.69 Å². The van der Waals surface area contributed by atoms with Crippen molar-refractivity contribution in [3.8, 4) is 6.07 Å². The summed E-state index contributed by atoms with van der Waals surface area (Å²) in [4.78, 5) is 13.7. The Morgan fingerprint density at radius 1 is 1.53 bits per heavy atom. The first kappa shape index (κ1) is 13.5. The SMILES string of the molecule is CCC1(O)CN(CC(=O)Nc2ccccc2C#N)C1. The summed E-state index contributed by atoms with van der Waals surface area (Å²) in [5, 5.41) is 21.5. The number of benzene rings is 1. The molecule has 5 nitrogen and oxygen atoms in total. The summed E-state index contributed by atoms with van der Waals surface area (Å²) in [5.41, 5.74) is 0.344. The molecule has 1 aliphatic rings. The van der Waals surface area contributed by atoms with Gasteiger partial charge in [0.1, 0.15) is 6.07 Å². The molecule has 0 aromatic heterocycles. The Morgan fingerprint density at radius 3 is 2.84 bits per heavy atom. The third-order valence-electron chi connectivity index (χ3n) is 3.38. The van der Waals surface area contributed by atoms with Crippen LogP contribution in [-0.2, 0) is 4.79 Å². The first-order valence-corrected chi connectivity index (χ1v) is 6.30. The molecule has 0 atom stereocenters. The third kappa shape index (κ3) is 3.11. The number of amides is 1. The molecule has 1 aromatic carbocycles. The minimum Gasteiger partial charge on any atom is -0.387 e. The van der Waals surface area contributed by atoms with Gasteiger partial charge in [-0.25, -0.2) is 0 Å². The van der Waals surface area contributed by atoms with E-state index in [-0.39, 0.29) is 12.5 Å². The van der Waals surface area contributed by atoms with Crippen LogP contribution in [0.15, 0.2) is 24.3 Å². The van der Waals surface area contributed by atoms with Crippen molar-refractivity contribution in [1.29, 1.82) is 5.26 Å². The molecule has 2 N–H and O–H groups in total. The van der Waals surface area contributed by atoms with Crippen LogP contribution in [0.25, 0.3) is 0 Å². The number of hydrogen-bond acceptors (Lipinski definition) is 4. The molecular formula is C14H17N3O2. The molecule has 0 aliphatic carbocycles. The molecule has 0 saturated carbocycles. The average molecular weight is 259 g/mol. The molecule has 1 aliphatic heterocycles.